The molecule has 2 amide bonds. The minimum absolute atomic E-state index is 0.0305. The summed E-state index contributed by atoms with van der Waals surface area (Å²) in [5, 5.41) is 14.1. The van der Waals surface area contributed by atoms with Crippen molar-refractivity contribution in [3.8, 4) is 5.75 Å². The number of aryl methyl sites for hydroxylation is 1. The van der Waals surface area contributed by atoms with Gasteiger partial charge in [-0.05, 0) is 44.4 Å². The smallest absolute Gasteiger partial charge is 0.317 e. The Bertz CT molecular complexity index is 740. The van der Waals surface area contributed by atoms with Gasteiger partial charge in [0.1, 0.15) is 12.4 Å². The molecule has 0 spiro atoms. The first-order chi connectivity index (χ1) is 13.1. The number of ether oxygens (including phenoxy) is 2. The normalized spacial score (nSPS) is 15.7. The molecule has 0 aliphatic carbocycles. The number of H-pyrrole nitrogens is 1. The number of nitrogens with zero attached hydrogens (tertiary/aromatic N) is 1. The molecule has 27 heavy (non-hydrogen) atoms. The average molecular weight is 375 g/mol. The molecule has 0 bridgehead atoms. The van der Waals surface area contributed by atoms with Crippen LogP contribution in [0.5, 0.6) is 5.75 Å². The zero-order valence-electron chi connectivity index (χ0n) is 15.9. The predicted molar refractivity (Wildman–Crippen MR) is 104 cm³/mol. The molecule has 1 aliphatic heterocycles. The maximum Gasteiger partial charge on any atom is 0.317 e. The molecule has 3 rings (SSSR count). The molecule has 2 heterocycles. The van der Waals surface area contributed by atoms with E-state index in [1.807, 2.05) is 31.2 Å². The Kier molecular flexibility index (Phi) is 6.95. The van der Waals surface area contributed by atoms with Gasteiger partial charge >= 0.3 is 6.03 Å². The van der Waals surface area contributed by atoms with E-state index in [9.17, 15) is 9.90 Å². The maximum absolute atomic E-state index is 12.0. The minimum Gasteiger partial charge on any atom is -0.490 e. The molecule has 0 unspecified atom stereocenters. The highest BCUT2D eigenvalue weighted by molar-refractivity contribution is 5.86. The average Bonchev–Trinajstić information content (AvgIpc) is 3.07. The Balaban J connectivity index is 1.31. The standard InChI is InChI=1S/C20H29N3O4/c1-15-13-17-18(22-15)6-4-7-19(17)27-14-16(24)5-2-3-8-21-20(25)23-9-11-26-12-10-23/h4,6-7,13,16,22,24H,2-3,5,8-12,14H2,1H3,(H,21,25)/t16-/m0/s1. The highest BCUT2D eigenvalue weighted by Crippen LogP contribution is 2.26. The third-order valence-corrected chi connectivity index (χ3v) is 4.73. The summed E-state index contributed by atoms with van der Waals surface area (Å²) in [7, 11) is 0. The van der Waals surface area contributed by atoms with Gasteiger partial charge in [0.25, 0.3) is 0 Å². The van der Waals surface area contributed by atoms with E-state index < -0.39 is 6.10 Å². The molecule has 0 radical (unpaired) electrons. The number of fused-ring (bicyclic) bond motifs is 1. The summed E-state index contributed by atoms with van der Waals surface area (Å²) in [6.45, 7) is 5.40. The van der Waals surface area contributed by atoms with E-state index in [1.54, 1.807) is 4.90 Å². The summed E-state index contributed by atoms with van der Waals surface area (Å²) in [4.78, 5) is 17.0. The van der Waals surface area contributed by atoms with Gasteiger partial charge < -0.3 is 29.8 Å². The number of nitrogens with one attached hydrogen (secondary N) is 2. The topological polar surface area (TPSA) is 86.8 Å². The first kappa shape index (κ1) is 19.5. The summed E-state index contributed by atoms with van der Waals surface area (Å²) in [5.74, 6) is 0.786. The number of hydrogen-bond acceptors (Lipinski definition) is 4. The lowest BCUT2D eigenvalue weighted by molar-refractivity contribution is 0.0532. The van der Waals surface area contributed by atoms with Gasteiger partial charge in [-0.1, -0.05) is 6.07 Å². The zero-order valence-corrected chi connectivity index (χ0v) is 15.9. The van der Waals surface area contributed by atoms with Crippen LogP contribution in [0.15, 0.2) is 24.3 Å². The number of unbranched alkanes of at least 4 members (excludes halogenated alkanes) is 1. The second kappa shape index (κ2) is 9.62. The van der Waals surface area contributed by atoms with Gasteiger partial charge in [-0.25, -0.2) is 4.79 Å². The van der Waals surface area contributed by atoms with Crippen LogP contribution in [0.25, 0.3) is 10.9 Å². The number of aromatic amines is 1. The van der Waals surface area contributed by atoms with Gasteiger partial charge in [0.15, 0.2) is 0 Å². The highest BCUT2D eigenvalue weighted by Gasteiger charge is 2.16. The summed E-state index contributed by atoms with van der Waals surface area (Å²) < 4.78 is 11.0. The molecule has 1 aromatic carbocycles. The van der Waals surface area contributed by atoms with Crippen LogP contribution in [0.1, 0.15) is 25.0 Å². The van der Waals surface area contributed by atoms with E-state index >= 15 is 0 Å². The van der Waals surface area contributed by atoms with Gasteiger partial charge in [-0.2, -0.15) is 0 Å². The monoisotopic (exact) mass is 375 g/mol. The Morgan fingerprint density at radius 2 is 2.19 bits per heavy atom. The van der Waals surface area contributed by atoms with Crippen molar-refractivity contribution in [2.45, 2.75) is 32.3 Å². The summed E-state index contributed by atoms with van der Waals surface area (Å²) >= 11 is 0. The van der Waals surface area contributed by atoms with Gasteiger partial charge in [0.05, 0.1) is 19.3 Å². The van der Waals surface area contributed by atoms with Crippen LogP contribution in [0, 0.1) is 6.92 Å². The number of aliphatic hydroxyl groups excluding tert-OH is 1. The largest absolute Gasteiger partial charge is 0.490 e. The lowest BCUT2D eigenvalue weighted by Crippen LogP contribution is -2.46. The van der Waals surface area contributed by atoms with Crippen molar-refractivity contribution in [3.63, 3.8) is 0 Å². The van der Waals surface area contributed by atoms with Crippen molar-refractivity contribution in [2.75, 3.05) is 39.5 Å². The molecular formula is C20H29N3O4. The quantitative estimate of drug-likeness (QED) is 0.619. The van der Waals surface area contributed by atoms with Gasteiger partial charge in [-0.15, -0.1) is 0 Å². The number of carbonyl (C=O) groups excluding carboxylic acids is 1. The molecule has 1 saturated heterocycles. The van der Waals surface area contributed by atoms with E-state index in [-0.39, 0.29) is 12.6 Å². The minimum atomic E-state index is -0.518. The molecule has 2 aromatic rings. The van der Waals surface area contributed by atoms with Gasteiger partial charge in [0.2, 0.25) is 0 Å². The lowest BCUT2D eigenvalue weighted by Gasteiger charge is -2.26. The van der Waals surface area contributed by atoms with E-state index in [4.69, 9.17) is 9.47 Å². The van der Waals surface area contributed by atoms with E-state index in [0.29, 0.717) is 39.3 Å². The number of hydrogen-bond donors (Lipinski definition) is 3. The van der Waals surface area contributed by atoms with Crippen LogP contribution < -0.4 is 10.1 Å². The third kappa shape index (κ3) is 5.61. The number of benzene rings is 1. The van der Waals surface area contributed by atoms with Crippen molar-refractivity contribution in [1.29, 1.82) is 0 Å². The highest BCUT2D eigenvalue weighted by atomic mass is 16.5. The van der Waals surface area contributed by atoms with Crippen molar-refractivity contribution >= 4 is 16.9 Å². The third-order valence-electron chi connectivity index (χ3n) is 4.73. The van der Waals surface area contributed by atoms with E-state index in [0.717, 1.165) is 35.2 Å². The molecule has 1 aromatic heterocycles. The Morgan fingerprint density at radius 3 is 3.00 bits per heavy atom. The van der Waals surface area contributed by atoms with Crippen LogP contribution in [0.2, 0.25) is 0 Å². The fourth-order valence-electron chi connectivity index (χ4n) is 3.24. The van der Waals surface area contributed by atoms with Crippen LogP contribution in [-0.4, -0.2) is 66.6 Å². The number of carbonyl (C=O) groups is 1. The SMILES string of the molecule is Cc1cc2c(OC[C@@H](O)CCCCNC(=O)N3CCOCC3)cccc2[nH]1. The number of rotatable bonds is 8. The van der Waals surface area contributed by atoms with Crippen molar-refractivity contribution in [1.82, 2.24) is 15.2 Å². The molecule has 148 valence electrons. The molecular weight excluding hydrogens is 346 g/mol. The van der Waals surface area contributed by atoms with Gasteiger partial charge in [0, 0.05) is 36.2 Å². The Morgan fingerprint density at radius 1 is 1.37 bits per heavy atom. The van der Waals surface area contributed by atoms with Crippen molar-refractivity contribution < 1.29 is 19.4 Å². The second-order valence-electron chi connectivity index (χ2n) is 6.96. The molecule has 3 N–H and O–H groups in total. The number of urea groups is 1. The molecule has 7 nitrogen and oxygen atoms in total. The van der Waals surface area contributed by atoms with Gasteiger partial charge in [-0.3, -0.25) is 0 Å². The Hall–Kier alpha value is -2.25. The molecule has 7 heteroatoms. The summed E-state index contributed by atoms with van der Waals surface area (Å²) in [5.41, 5.74) is 2.12. The molecule has 1 aliphatic rings. The fourth-order valence-corrected chi connectivity index (χ4v) is 3.24. The van der Waals surface area contributed by atoms with Crippen LogP contribution in [-0.2, 0) is 4.74 Å². The maximum atomic E-state index is 12.0. The lowest BCUT2D eigenvalue weighted by atomic mass is 10.1. The molecule has 0 saturated carbocycles. The number of aliphatic hydroxyl groups is 1. The Labute approximate surface area is 159 Å². The second-order valence-corrected chi connectivity index (χ2v) is 6.96. The van der Waals surface area contributed by atoms with Crippen molar-refractivity contribution in [2.24, 2.45) is 0 Å². The summed E-state index contributed by atoms with van der Waals surface area (Å²) in [6, 6.07) is 7.89. The molecule has 1 fully saturated rings. The number of aromatic nitrogens is 1. The van der Waals surface area contributed by atoms with E-state index in [2.05, 4.69) is 10.3 Å². The number of morpholine rings is 1. The fraction of sp³-hybridized carbons (Fsp3) is 0.550. The predicted octanol–water partition coefficient (Wildman–Crippen LogP) is 2.43. The van der Waals surface area contributed by atoms with Crippen molar-refractivity contribution in [3.05, 3.63) is 30.0 Å². The van der Waals surface area contributed by atoms with Crippen LogP contribution in [0.3, 0.4) is 0 Å². The zero-order chi connectivity index (χ0) is 19.1. The van der Waals surface area contributed by atoms with E-state index in [1.165, 1.54) is 0 Å². The first-order valence-electron chi connectivity index (χ1n) is 9.63. The molecule has 1 atom stereocenters. The van der Waals surface area contributed by atoms with Crippen LogP contribution in [0.4, 0.5) is 4.79 Å². The number of amides is 2. The summed E-state index contributed by atoms with van der Waals surface area (Å²) in [6.07, 6.45) is 1.80. The van der Waals surface area contributed by atoms with Crippen LogP contribution >= 0.6 is 0 Å². The first-order valence-corrected chi connectivity index (χ1v) is 9.63.